The molecular formula is C11H15N3O. The molecule has 2 heterocycles. The maximum absolute atomic E-state index is 11.7. The largest absolute Gasteiger partial charge is 0.367 e. The molecular weight excluding hydrogens is 190 g/mol. The summed E-state index contributed by atoms with van der Waals surface area (Å²) < 4.78 is 0. The van der Waals surface area contributed by atoms with Gasteiger partial charge in [0.1, 0.15) is 0 Å². The molecule has 0 spiro atoms. The Morgan fingerprint density at radius 1 is 1.53 bits per heavy atom. The number of hydrogen-bond acceptors (Lipinski definition) is 2. The van der Waals surface area contributed by atoms with Crippen molar-refractivity contribution in [1.82, 2.24) is 15.6 Å². The highest BCUT2D eigenvalue weighted by molar-refractivity contribution is 5.93. The van der Waals surface area contributed by atoms with Crippen LogP contribution in [-0.2, 0) is 11.3 Å². The fourth-order valence-corrected chi connectivity index (χ4v) is 1.46. The zero-order valence-electron chi connectivity index (χ0n) is 8.76. The SMILES string of the molecule is CC(C(=O)NCc1cc[nH]c1)=C1CNC1. The van der Waals surface area contributed by atoms with Crippen LogP contribution in [0.5, 0.6) is 0 Å². The van der Waals surface area contributed by atoms with Crippen molar-refractivity contribution in [2.75, 3.05) is 13.1 Å². The van der Waals surface area contributed by atoms with Crippen molar-refractivity contribution in [3.63, 3.8) is 0 Å². The molecule has 1 aliphatic rings. The molecule has 1 saturated heterocycles. The van der Waals surface area contributed by atoms with E-state index in [1.54, 1.807) is 0 Å². The van der Waals surface area contributed by atoms with Gasteiger partial charge in [0, 0.05) is 37.6 Å². The smallest absolute Gasteiger partial charge is 0.247 e. The van der Waals surface area contributed by atoms with Crippen LogP contribution in [0.3, 0.4) is 0 Å². The van der Waals surface area contributed by atoms with Crippen LogP contribution in [0.2, 0.25) is 0 Å². The van der Waals surface area contributed by atoms with Gasteiger partial charge in [0.2, 0.25) is 5.91 Å². The minimum atomic E-state index is 0.0349. The molecule has 0 unspecified atom stereocenters. The van der Waals surface area contributed by atoms with Gasteiger partial charge in [0.25, 0.3) is 0 Å². The second-order valence-corrected chi connectivity index (χ2v) is 3.73. The van der Waals surface area contributed by atoms with Crippen LogP contribution in [0.25, 0.3) is 0 Å². The second-order valence-electron chi connectivity index (χ2n) is 3.73. The van der Waals surface area contributed by atoms with E-state index < -0.39 is 0 Å². The number of H-pyrrole nitrogens is 1. The van der Waals surface area contributed by atoms with E-state index in [0.717, 1.165) is 24.2 Å². The second kappa shape index (κ2) is 4.31. The number of carbonyl (C=O) groups is 1. The van der Waals surface area contributed by atoms with Gasteiger partial charge < -0.3 is 15.6 Å². The first-order valence-corrected chi connectivity index (χ1v) is 5.06. The lowest BCUT2D eigenvalue weighted by atomic mass is 10.0. The molecule has 0 bridgehead atoms. The molecule has 1 amide bonds. The van der Waals surface area contributed by atoms with Crippen molar-refractivity contribution < 1.29 is 4.79 Å². The van der Waals surface area contributed by atoms with Crippen LogP contribution >= 0.6 is 0 Å². The molecule has 15 heavy (non-hydrogen) atoms. The third-order valence-electron chi connectivity index (χ3n) is 2.66. The number of hydrogen-bond donors (Lipinski definition) is 3. The molecule has 0 atom stereocenters. The number of rotatable bonds is 3. The van der Waals surface area contributed by atoms with Crippen molar-refractivity contribution in [2.24, 2.45) is 0 Å². The van der Waals surface area contributed by atoms with E-state index in [9.17, 15) is 4.79 Å². The molecule has 4 nitrogen and oxygen atoms in total. The van der Waals surface area contributed by atoms with E-state index in [1.807, 2.05) is 25.4 Å². The third-order valence-corrected chi connectivity index (χ3v) is 2.66. The van der Waals surface area contributed by atoms with Crippen LogP contribution in [0, 0.1) is 0 Å². The van der Waals surface area contributed by atoms with Gasteiger partial charge >= 0.3 is 0 Å². The van der Waals surface area contributed by atoms with E-state index in [-0.39, 0.29) is 5.91 Å². The lowest BCUT2D eigenvalue weighted by molar-refractivity contribution is -0.117. The zero-order valence-corrected chi connectivity index (χ0v) is 8.76. The molecule has 0 radical (unpaired) electrons. The van der Waals surface area contributed by atoms with Crippen molar-refractivity contribution in [3.05, 3.63) is 35.2 Å². The topological polar surface area (TPSA) is 56.9 Å². The van der Waals surface area contributed by atoms with E-state index in [2.05, 4.69) is 15.6 Å². The lowest BCUT2D eigenvalue weighted by Crippen LogP contribution is -2.37. The maximum atomic E-state index is 11.7. The Morgan fingerprint density at radius 3 is 2.87 bits per heavy atom. The normalized spacial score (nSPS) is 14.6. The highest BCUT2D eigenvalue weighted by atomic mass is 16.1. The van der Waals surface area contributed by atoms with Crippen LogP contribution in [0.4, 0.5) is 0 Å². The summed E-state index contributed by atoms with van der Waals surface area (Å²) in [5.74, 6) is 0.0349. The molecule has 4 heteroatoms. The summed E-state index contributed by atoms with van der Waals surface area (Å²) in [6.07, 6.45) is 3.73. The number of aromatic amines is 1. The van der Waals surface area contributed by atoms with E-state index in [0.29, 0.717) is 6.54 Å². The first-order valence-electron chi connectivity index (χ1n) is 5.06. The monoisotopic (exact) mass is 205 g/mol. The fraction of sp³-hybridized carbons (Fsp3) is 0.364. The van der Waals surface area contributed by atoms with Crippen LogP contribution in [-0.4, -0.2) is 24.0 Å². The fourth-order valence-electron chi connectivity index (χ4n) is 1.46. The summed E-state index contributed by atoms with van der Waals surface area (Å²) in [5, 5.41) is 6.01. The maximum Gasteiger partial charge on any atom is 0.247 e. The molecule has 2 rings (SSSR count). The van der Waals surface area contributed by atoms with Crippen molar-refractivity contribution >= 4 is 5.91 Å². The van der Waals surface area contributed by atoms with Gasteiger partial charge in [-0.2, -0.15) is 0 Å². The molecule has 1 aromatic heterocycles. The van der Waals surface area contributed by atoms with Gasteiger partial charge in [-0.3, -0.25) is 4.79 Å². The Morgan fingerprint density at radius 2 is 2.33 bits per heavy atom. The average Bonchev–Trinajstić information content (AvgIpc) is 2.63. The molecule has 1 aliphatic heterocycles. The van der Waals surface area contributed by atoms with Crippen LogP contribution in [0.1, 0.15) is 12.5 Å². The average molecular weight is 205 g/mol. The number of nitrogens with one attached hydrogen (secondary N) is 3. The Balaban J connectivity index is 1.87. The lowest BCUT2D eigenvalue weighted by Gasteiger charge is -2.21. The number of carbonyl (C=O) groups excluding carboxylic acids is 1. The summed E-state index contributed by atoms with van der Waals surface area (Å²) in [6.45, 7) is 4.16. The van der Waals surface area contributed by atoms with Crippen molar-refractivity contribution in [2.45, 2.75) is 13.5 Å². The van der Waals surface area contributed by atoms with Crippen molar-refractivity contribution in [1.29, 1.82) is 0 Å². The van der Waals surface area contributed by atoms with Crippen LogP contribution < -0.4 is 10.6 Å². The standard InChI is InChI=1S/C11H15N3O/c1-8(10-6-13-7-10)11(15)14-5-9-2-3-12-4-9/h2-4,12-13H,5-7H2,1H3,(H,14,15). The number of amides is 1. The van der Waals surface area contributed by atoms with Gasteiger partial charge in [0.05, 0.1) is 0 Å². The molecule has 80 valence electrons. The van der Waals surface area contributed by atoms with Gasteiger partial charge in [-0.1, -0.05) is 0 Å². The van der Waals surface area contributed by atoms with Crippen LogP contribution in [0.15, 0.2) is 29.6 Å². The Bertz CT molecular complexity index is 373. The summed E-state index contributed by atoms with van der Waals surface area (Å²) in [6, 6.07) is 1.95. The predicted octanol–water partition coefficient (Wildman–Crippen LogP) is 0.551. The van der Waals surface area contributed by atoms with Gasteiger partial charge in [-0.15, -0.1) is 0 Å². The minimum absolute atomic E-state index is 0.0349. The van der Waals surface area contributed by atoms with E-state index in [1.165, 1.54) is 5.57 Å². The van der Waals surface area contributed by atoms with E-state index >= 15 is 0 Å². The molecule has 0 aromatic carbocycles. The molecule has 1 fully saturated rings. The van der Waals surface area contributed by atoms with Gasteiger partial charge in [-0.25, -0.2) is 0 Å². The van der Waals surface area contributed by atoms with Crippen molar-refractivity contribution in [3.8, 4) is 0 Å². The summed E-state index contributed by atoms with van der Waals surface area (Å²) in [5.41, 5.74) is 3.15. The van der Waals surface area contributed by atoms with Gasteiger partial charge in [0.15, 0.2) is 0 Å². The quantitative estimate of drug-likeness (QED) is 0.631. The van der Waals surface area contributed by atoms with E-state index in [4.69, 9.17) is 0 Å². The number of aromatic nitrogens is 1. The highest BCUT2D eigenvalue weighted by Gasteiger charge is 2.15. The Hall–Kier alpha value is -1.55. The zero-order chi connectivity index (χ0) is 10.7. The highest BCUT2D eigenvalue weighted by Crippen LogP contribution is 2.08. The molecule has 0 aliphatic carbocycles. The Kier molecular flexibility index (Phi) is 2.87. The minimum Gasteiger partial charge on any atom is -0.367 e. The molecule has 0 saturated carbocycles. The first kappa shape index (κ1) is 9.98. The van der Waals surface area contributed by atoms with Gasteiger partial charge in [-0.05, 0) is 24.1 Å². The third kappa shape index (κ3) is 2.27. The summed E-state index contributed by atoms with van der Waals surface area (Å²) in [4.78, 5) is 14.6. The molecule has 1 aromatic rings. The predicted molar refractivity (Wildman–Crippen MR) is 58.2 cm³/mol. The summed E-state index contributed by atoms with van der Waals surface area (Å²) >= 11 is 0. The molecule has 3 N–H and O–H groups in total. The Labute approximate surface area is 88.8 Å². The first-order chi connectivity index (χ1) is 7.27. The summed E-state index contributed by atoms with van der Waals surface area (Å²) in [7, 11) is 0.